The molecule has 0 amide bonds. The van der Waals surface area contributed by atoms with E-state index in [1.54, 1.807) is 12.1 Å². The van der Waals surface area contributed by atoms with Gasteiger partial charge in [-0.2, -0.15) is 0 Å². The molecule has 1 saturated heterocycles. The van der Waals surface area contributed by atoms with Crippen LogP contribution in [0.5, 0.6) is 5.75 Å². The normalized spacial score (nSPS) is 20.1. The third kappa shape index (κ3) is 2.57. The predicted octanol–water partition coefficient (Wildman–Crippen LogP) is 2.06. The highest BCUT2D eigenvalue weighted by Gasteiger charge is 2.16. The second-order valence-corrected chi connectivity index (χ2v) is 3.60. The lowest BCUT2D eigenvalue weighted by Gasteiger charge is -2.12. The van der Waals surface area contributed by atoms with Crippen molar-refractivity contribution in [3.63, 3.8) is 0 Å². The Kier molecular flexibility index (Phi) is 3.35. The summed E-state index contributed by atoms with van der Waals surface area (Å²) in [6.45, 7) is 1.36. The van der Waals surface area contributed by atoms with Crippen LogP contribution in [0.3, 0.4) is 0 Å². The third-order valence-electron chi connectivity index (χ3n) is 2.49. The second kappa shape index (κ2) is 4.94. The van der Waals surface area contributed by atoms with Crippen LogP contribution in [0.4, 0.5) is 0 Å². The molecule has 0 bridgehead atoms. The minimum atomic E-state index is 0.185. The fraction of sp³-hybridized carbons (Fsp3) is 0.417. The smallest absolute Gasteiger partial charge is 0.153 e. The van der Waals surface area contributed by atoms with E-state index >= 15 is 0 Å². The van der Waals surface area contributed by atoms with Gasteiger partial charge in [0.1, 0.15) is 12.4 Å². The lowest BCUT2D eigenvalue weighted by molar-refractivity contribution is 0.0675. The number of aldehydes is 1. The van der Waals surface area contributed by atoms with Gasteiger partial charge in [0.05, 0.1) is 11.7 Å². The average molecular weight is 206 g/mol. The van der Waals surface area contributed by atoms with Crippen LogP contribution in [-0.4, -0.2) is 25.6 Å². The van der Waals surface area contributed by atoms with Gasteiger partial charge in [-0.05, 0) is 25.0 Å². The summed E-state index contributed by atoms with van der Waals surface area (Å²) in [6, 6.07) is 7.23. The molecular weight excluding hydrogens is 192 g/mol. The molecule has 1 atom stereocenters. The Bertz CT molecular complexity index is 329. The summed E-state index contributed by atoms with van der Waals surface area (Å²) in [6.07, 6.45) is 3.14. The number of rotatable bonds is 4. The van der Waals surface area contributed by atoms with Crippen LogP contribution in [0, 0.1) is 0 Å². The minimum absolute atomic E-state index is 0.185. The molecule has 2 rings (SSSR count). The first kappa shape index (κ1) is 10.2. The van der Waals surface area contributed by atoms with Gasteiger partial charge in [-0.25, -0.2) is 0 Å². The van der Waals surface area contributed by atoms with Crippen molar-refractivity contribution in [1.29, 1.82) is 0 Å². The maximum absolute atomic E-state index is 10.7. The summed E-state index contributed by atoms with van der Waals surface area (Å²) in [5.74, 6) is 0.642. The Morgan fingerprint density at radius 2 is 2.33 bits per heavy atom. The molecule has 80 valence electrons. The van der Waals surface area contributed by atoms with E-state index in [9.17, 15) is 4.79 Å². The first-order valence-corrected chi connectivity index (χ1v) is 5.19. The highest BCUT2D eigenvalue weighted by molar-refractivity contribution is 5.79. The molecule has 3 heteroatoms. The van der Waals surface area contributed by atoms with Crippen LogP contribution < -0.4 is 4.74 Å². The lowest BCUT2D eigenvalue weighted by atomic mass is 10.2. The summed E-state index contributed by atoms with van der Waals surface area (Å²) in [4.78, 5) is 10.7. The van der Waals surface area contributed by atoms with Crippen molar-refractivity contribution < 1.29 is 14.3 Å². The molecule has 1 aromatic rings. The van der Waals surface area contributed by atoms with Crippen LogP contribution in [0.25, 0.3) is 0 Å². The Morgan fingerprint density at radius 3 is 3.07 bits per heavy atom. The molecule has 15 heavy (non-hydrogen) atoms. The van der Waals surface area contributed by atoms with Gasteiger partial charge in [-0.3, -0.25) is 4.79 Å². The predicted molar refractivity (Wildman–Crippen MR) is 56.3 cm³/mol. The van der Waals surface area contributed by atoms with E-state index in [-0.39, 0.29) is 6.10 Å². The summed E-state index contributed by atoms with van der Waals surface area (Å²) in [7, 11) is 0. The van der Waals surface area contributed by atoms with Gasteiger partial charge in [0.2, 0.25) is 0 Å². The maximum atomic E-state index is 10.7. The molecule has 0 N–H and O–H groups in total. The van der Waals surface area contributed by atoms with Crippen LogP contribution in [-0.2, 0) is 4.74 Å². The highest BCUT2D eigenvalue weighted by atomic mass is 16.5. The fourth-order valence-corrected chi connectivity index (χ4v) is 1.67. The largest absolute Gasteiger partial charge is 0.490 e. The van der Waals surface area contributed by atoms with Crippen molar-refractivity contribution in [2.75, 3.05) is 13.2 Å². The standard InChI is InChI=1S/C12H14O3/c13-8-10-4-1-2-6-12(10)15-9-11-5-3-7-14-11/h1-2,4,6,8,11H,3,5,7,9H2/t11-/m1/s1. The number of hydrogen-bond donors (Lipinski definition) is 0. The molecule has 1 aliphatic heterocycles. The van der Waals surface area contributed by atoms with E-state index in [2.05, 4.69) is 0 Å². The molecule has 0 aliphatic carbocycles. The zero-order valence-electron chi connectivity index (χ0n) is 8.52. The van der Waals surface area contributed by atoms with E-state index in [1.165, 1.54) is 0 Å². The lowest BCUT2D eigenvalue weighted by Crippen LogP contribution is -2.16. The van der Waals surface area contributed by atoms with Crippen molar-refractivity contribution in [2.24, 2.45) is 0 Å². The zero-order valence-corrected chi connectivity index (χ0v) is 8.52. The molecule has 0 aromatic heterocycles. The molecule has 3 nitrogen and oxygen atoms in total. The quantitative estimate of drug-likeness (QED) is 0.707. The summed E-state index contributed by atoms with van der Waals surface area (Å²) in [5.41, 5.74) is 0.593. The number of benzene rings is 1. The van der Waals surface area contributed by atoms with Gasteiger partial charge >= 0.3 is 0 Å². The molecule has 1 aliphatic rings. The first-order chi connectivity index (χ1) is 7.40. The monoisotopic (exact) mass is 206 g/mol. The van der Waals surface area contributed by atoms with E-state index in [0.29, 0.717) is 17.9 Å². The van der Waals surface area contributed by atoms with Crippen LogP contribution in [0.1, 0.15) is 23.2 Å². The number of hydrogen-bond acceptors (Lipinski definition) is 3. The van der Waals surface area contributed by atoms with E-state index < -0.39 is 0 Å². The Labute approximate surface area is 89.0 Å². The van der Waals surface area contributed by atoms with E-state index in [1.807, 2.05) is 12.1 Å². The summed E-state index contributed by atoms with van der Waals surface area (Å²) < 4.78 is 11.0. The van der Waals surface area contributed by atoms with Crippen molar-refractivity contribution in [2.45, 2.75) is 18.9 Å². The maximum Gasteiger partial charge on any atom is 0.153 e. The van der Waals surface area contributed by atoms with Crippen LogP contribution >= 0.6 is 0 Å². The Balaban J connectivity index is 1.94. The van der Waals surface area contributed by atoms with Gasteiger partial charge in [0, 0.05) is 6.61 Å². The van der Waals surface area contributed by atoms with Crippen molar-refractivity contribution in [3.05, 3.63) is 29.8 Å². The van der Waals surface area contributed by atoms with Crippen LogP contribution in [0.2, 0.25) is 0 Å². The fourth-order valence-electron chi connectivity index (χ4n) is 1.67. The molecular formula is C12H14O3. The molecule has 0 unspecified atom stereocenters. The second-order valence-electron chi connectivity index (χ2n) is 3.60. The third-order valence-corrected chi connectivity index (χ3v) is 2.49. The van der Waals surface area contributed by atoms with E-state index in [4.69, 9.17) is 9.47 Å². The van der Waals surface area contributed by atoms with Crippen molar-refractivity contribution in [3.8, 4) is 5.75 Å². The van der Waals surface area contributed by atoms with Gasteiger partial charge in [-0.15, -0.1) is 0 Å². The Morgan fingerprint density at radius 1 is 1.47 bits per heavy atom. The first-order valence-electron chi connectivity index (χ1n) is 5.19. The Hall–Kier alpha value is -1.35. The molecule has 0 spiro atoms. The molecule has 1 fully saturated rings. The van der Waals surface area contributed by atoms with Crippen molar-refractivity contribution >= 4 is 6.29 Å². The number of ether oxygens (including phenoxy) is 2. The number of carbonyl (C=O) groups is 1. The summed E-state index contributed by atoms with van der Waals surface area (Å²) in [5, 5.41) is 0. The van der Waals surface area contributed by atoms with Gasteiger partial charge < -0.3 is 9.47 Å². The molecule has 1 heterocycles. The molecule has 0 radical (unpaired) electrons. The molecule has 1 aromatic carbocycles. The van der Waals surface area contributed by atoms with E-state index in [0.717, 1.165) is 25.7 Å². The zero-order chi connectivity index (χ0) is 10.5. The minimum Gasteiger partial charge on any atom is -0.490 e. The molecule has 0 saturated carbocycles. The van der Waals surface area contributed by atoms with Gasteiger partial charge in [0.25, 0.3) is 0 Å². The van der Waals surface area contributed by atoms with Crippen molar-refractivity contribution in [1.82, 2.24) is 0 Å². The summed E-state index contributed by atoms with van der Waals surface area (Å²) >= 11 is 0. The topological polar surface area (TPSA) is 35.5 Å². The SMILES string of the molecule is O=Cc1ccccc1OC[C@H]1CCCO1. The van der Waals surface area contributed by atoms with Gasteiger partial charge in [0.15, 0.2) is 6.29 Å². The number of carbonyl (C=O) groups excluding carboxylic acids is 1. The highest BCUT2D eigenvalue weighted by Crippen LogP contribution is 2.18. The average Bonchev–Trinajstić information content (AvgIpc) is 2.79. The van der Waals surface area contributed by atoms with Crippen LogP contribution in [0.15, 0.2) is 24.3 Å². The van der Waals surface area contributed by atoms with Gasteiger partial charge in [-0.1, -0.05) is 12.1 Å². The number of para-hydroxylation sites is 1.